The quantitative estimate of drug-likeness (QED) is 0.756. The molecule has 4 rings (SSSR count). The second-order valence-corrected chi connectivity index (χ2v) is 8.16. The monoisotopic (exact) mass is 385 g/mol. The number of methoxy groups -OCH3 is 1. The lowest BCUT2D eigenvalue weighted by molar-refractivity contribution is -0.0831. The highest BCUT2D eigenvalue weighted by Gasteiger charge is 2.42. The van der Waals surface area contributed by atoms with Gasteiger partial charge in [-0.05, 0) is 37.2 Å². The van der Waals surface area contributed by atoms with Crippen molar-refractivity contribution in [2.24, 2.45) is 0 Å². The Labute approximate surface area is 167 Å². The number of hydrogen-bond donors (Lipinski definition) is 0. The summed E-state index contributed by atoms with van der Waals surface area (Å²) in [4.78, 5) is 7.28. The molecule has 1 atom stereocenters. The first kappa shape index (κ1) is 19.6. The van der Waals surface area contributed by atoms with E-state index in [2.05, 4.69) is 47.3 Å². The van der Waals surface area contributed by atoms with Crippen LogP contribution in [0.2, 0.25) is 0 Å². The first-order valence-corrected chi connectivity index (χ1v) is 10.4. The lowest BCUT2D eigenvalue weighted by atomic mass is 9.89. The average Bonchev–Trinajstić information content (AvgIpc) is 3.27. The topological polar surface area (TPSA) is 60.6 Å². The van der Waals surface area contributed by atoms with Crippen molar-refractivity contribution in [3.63, 3.8) is 0 Å². The van der Waals surface area contributed by atoms with Gasteiger partial charge < -0.3 is 18.9 Å². The lowest BCUT2D eigenvalue weighted by Crippen LogP contribution is -2.45. The third-order valence-corrected chi connectivity index (χ3v) is 6.37. The summed E-state index contributed by atoms with van der Waals surface area (Å²) in [6.07, 6.45) is 3.68. The third kappa shape index (κ3) is 4.14. The zero-order valence-electron chi connectivity index (χ0n) is 17.0. The van der Waals surface area contributed by atoms with Gasteiger partial charge in [0.1, 0.15) is 5.60 Å². The summed E-state index contributed by atoms with van der Waals surface area (Å²) in [5.74, 6) is 2.31. The molecule has 0 saturated carbocycles. The molecule has 0 bridgehead atoms. The summed E-state index contributed by atoms with van der Waals surface area (Å²) >= 11 is 0. The third-order valence-electron chi connectivity index (χ3n) is 6.37. The largest absolute Gasteiger partial charge is 0.381 e. The molecule has 152 valence electrons. The molecular weight excluding hydrogens is 354 g/mol. The molecule has 2 aliphatic rings. The van der Waals surface area contributed by atoms with Crippen LogP contribution in [0.3, 0.4) is 0 Å². The van der Waals surface area contributed by atoms with Crippen molar-refractivity contribution in [3.8, 4) is 0 Å². The van der Waals surface area contributed by atoms with E-state index >= 15 is 0 Å². The highest BCUT2D eigenvalue weighted by molar-refractivity contribution is 5.19. The van der Waals surface area contributed by atoms with E-state index in [0.29, 0.717) is 17.7 Å². The molecule has 6 heteroatoms. The van der Waals surface area contributed by atoms with Crippen LogP contribution in [0.25, 0.3) is 0 Å². The molecule has 2 fully saturated rings. The smallest absolute Gasteiger partial charge is 0.258 e. The molecule has 0 N–H and O–H groups in total. The van der Waals surface area contributed by atoms with E-state index in [1.807, 2.05) is 0 Å². The van der Waals surface area contributed by atoms with Crippen LogP contribution in [0.4, 0.5) is 0 Å². The number of benzene rings is 1. The maximum absolute atomic E-state index is 5.96. The van der Waals surface area contributed by atoms with E-state index in [9.17, 15) is 0 Å². The van der Waals surface area contributed by atoms with Crippen molar-refractivity contribution in [2.75, 3.05) is 40.0 Å². The van der Waals surface area contributed by atoms with E-state index < -0.39 is 5.60 Å². The maximum atomic E-state index is 5.96. The highest BCUT2D eigenvalue weighted by Crippen LogP contribution is 2.37. The van der Waals surface area contributed by atoms with Crippen molar-refractivity contribution in [2.45, 2.75) is 50.0 Å². The van der Waals surface area contributed by atoms with E-state index in [-0.39, 0.29) is 0 Å². The maximum Gasteiger partial charge on any atom is 0.258 e. The van der Waals surface area contributed by atoms with Crippen LogP contribution in [0, 0.1) is 0 Å². The van der Waals surface area contributed by atoms with E-state index in [4.69, 9.17) is 19.0 Å². The fourth-order valence-electron chi connectivity index (χ4n) is 4.42. The minimum Gasteiger partial charge on any atom is -0.381 e. The molecule has 0 amide bonds. The fourth-order valence-corrected chi connectivity index (χ4v) is 4.42. The number of hydrogen-bond acceptors (Lipinski definition) is 6. The molecule has 1 aromatic heterocycles. The van der Waals surface area contributed by atoms with Crippen molar-refractivity contribution >= 4 is 0 Å². The van der Waals surface area contributed by atoms with Gasteiger partial charge in [0.05, 0.1) is 0 Å². The second-order valence-electron chi connectivity index (χ2n) is 8.16. The van der Waals surface area contributed by atoms with Crippen LogP contribution in [0.1, 0.15) is 61.7 Å². The molecule has 0 spiro atoms. The first-order valence-electron chi connectivity index (χ1n) is 10.4. The number of rotatable bonds is 6. The average molecular weight is 386 g/mol. The molecular formula is C22H31N3O3. The Kier molecular flexibility index (Phi) is 6.09. The highest BCUT2D eigenvalue weighted by atomic mass is 16.5. The summed E-state index contributed by atoms with van der Waals surface area (Å²) in [5, 5.41) is 4.28. The summed E-state index contributed by atoms with van der Waals surface area (Å²) in [7, 11) is 1.76. The molecule has 28 heavy (non-hydrogen) atoms. The minimum absolute atomic E-state index is 0.340. The van der Waals surface area contributed by atoms with Gasteiger partial charge in [0, 0.05) is 45.9 Å². The molecule has 0 aliphatic carbocycles. The SMILES string of the molecule is COC1(c2nc(C3CCOCC3)no2)CCN(C[C@H](C)c2ccccc2)CC1. The molecule has 1 aromatic carbocycles. The van der Waals surface area contributed by atoms with Crippen molar-refractivity contribution in [1.29, 1.82) is 0 Å². The molecule has 6 nitrogen and oxygen atoms in total. The van der Waals surface area contributed by atoms with E-state index in [0.717, 1.165) is 64.4 Å². The summed E-state index contributed by atoms with van der Waals surface area (Å²) < 4.78 is 17.1. The zero-order valence-corrected chi connectivity index (χ0v) is 17.0. The summed E-state index contributed by atoms with van der Waals surface area (Å²) in [6.45, 7) is 6.85. The van der Waals surface area contributed by atoms with Crippen molar-refractivity contribution in [3.05, 3.63) is 47.6 Å². The van der Waals surface area contributed by atoms with Gasteiger partial charge >= 0.3 is 0 Å². The van der Waals surface area contributed by atoms with Crippen molar-refractivity contribution < 1.29 is 14.0 Å². The van der Waals surface area contributed by atoms with E-state index in [1.165, 1.54) is 5.56 Å². The van der Waals surface area contributed by atoms with Gasteiger partial charge in [-0.15, -0.1) is 0 Å². The predicted molar refractivity (Wildman–Crippen MR) is 106 cm³/mol. The Hall–Kier alpha value is -1.76. The van der Waals surface area contributed by atoms with Gasteiger partial charge in [0.2, 0.25) is 0 Å². The molecule has 2 saturated heterocycles. The Morgan fingerprint density at radius 1 is 1.18 bits per heavy atom. The Balaban J connectivity index is 1.38. The van der Waals surface area contributed by atoms with Gasteiger partial charge in [-0.1, -0.05) is 42.4 Å². The van der Waals surface area contributed by atoms with Gasteiger partial charge in [0.25, 0.3) is 5.89 Å². The normalized spacial score (nSPS) is 22.2. The van der Waals surface area contributed by atoms with Crippen LogP contribution in [0.15, 0.2) is 34.9 Å². The molecule has 0 radical (unpaired) electrons. The number of piperidine rings is 1. The van der Waals surface area contributed by atoms with E-state index in [1.54, 1.807) is 7.11 Å². The standard InChI is InChI=1S/C22H31N3O3/c1-17(18-6-4-3-5-7-18)16-25-12-10-22(26-2,11-13-25)21-23-20(24-28-21)19-8-14-27-15-9-19/h3-7,17,19H,8-16H2,1-2H3/t17-/m0/s1. The van der Waals surface area contributed by atoms with Crippen LogP contribution >= 0.6 is 0 Å². The Morgan fingerprint density at radius 2 is 1.89 bits per heavy atom. The van der Waals surface area contributed by atoms with Gasteiger partial charge in [0.15, 0.2) is 5.82 Å². The van der Waals surface area contributed by atoms with Crippen molar-refractivity contribution in [1.82, 2.24) is 15.0 Å². The van der Waals surface area contributed by atoms with Crippen LogP contribution in [-0.2, 0) is 15.1 Å². The molecule has 2 aliphatic heterocycles. The zero-order chi connectivity index (χ0) is 19.4. The van der Waals surface area contributed by atoms with Crippen LogP contribution in [-0.4, -0.2) is 55.0 Å². The van der Waals surface area contributed by atoms with Gasteiger partial charge in [-0.2, -0.15) is 4.98 Å². The summed E-state index contributed by atoms with van der Waals surface area (Å²) in [6, 6.07) is 10.7. The lowest BCUT2D eigenvalue weighted by Gasteiger charge is -2.39. The van der Waals surface area contributed by atoms with Gasteiger partial charge in [-0.25, -0.2) is 0 Å². The fraction of sp³-hybridized carbons (Fsp3) is 0.636. The molecule has 3 heterocycles. The second kappa shape index (κ2) is 8.72. The van der Waals surface area contributed by atoms with Crippen LogP contribution < -0.4 is 0 Å². The number of nitrogens with zero attached hydrogens (tertiary/aromatic N) is 3. The van der Waals surface area contributed by atoms with Crippen LogP contribution in [0.5, 0.6) is 0 Å². The minimum atomic E-state index is -0.455. The number of likely N-dealkylation sites (tertiary alicyclic amines) is 1. The molecule has 0 unspecified atom stereocenters. The summed E-state index contributed by atoms with van der Waals surface area (Å²) in [5.41, 5.74) is 0.937. The first-order chi connectivity index (χ1) is 13.7. The number of aromatic nitrogens is 2. The van der Waals surface area contributed by atoms with Gasteiger partial charge in [-0.3, -0.25) is 0 Å². The Bertz CT molecular complexity index is 734. The number of ether oxygens (including phenoxy) is 2. The predicted octanol–water partition coefficient (Wildman–Crippen LogP) is 3.70. The Morgan fingerprint density at radius 3 is 2.57 bits per heavy atom. The molecule has 2 aromatic rings.